The lowest BCUT2D eigenvalue weighted by atomic mass is 9.96. The Kier molecular flexibility index (Phi) is 3.21. The second-order valence-electron chi connectivity index (χ2n) is 6.99. The Morgan fingerprint density at radius 1 is 0.957 bits per heavy atom. The lowest BCUT2D eigenvalue weighted by molar-refractivity contribution is 0.160. The van der Waals surface area contributed by atoms with Crippen LogP contribution in [0.4, 0.5) is 4.39 Å². The Labute approximate surface area is 136 Å². The summed E-state index contributed by atoms with van der Waals surface area (Å²) in [5, 5.41) is 0. The second kappa shape index (κ2) is 5.04. The molecule has 0 radical (unpaired) electrons. The van der Waals surface area contributed by atoms with Crippen molar-refractivity contribution < 1.29 is 9.13 Å². The molecular weight excluding hydrogens is 287 g/mol. The number of ether oxygens (including phenoxy) is 1. The fourth-order valence-corrected chi connectivity index (χ4v) is 3.56. The van der Waals surface area contributed by atoms with Gasteiger partial charge in [0.05, 0.1) is 0 Å². The molecule has 1 aliphatic heterocycles. The molecule has 1 nitrogen and oxygen atoms in total. The van der Waals surface area contributed by atoms with E-state index in [4.69, 9.17) is 4.74 Å². The number of halogens is 1. The van der Waals surface area contributed by atoms with Gasteiger partial charge in [-0.25, -0.2) is 4.39 Å². The van der Waals surface area contributed by atoms with Crippen LogP contribution in [0.5, 0.6) is 0 Å². The van der Waals surface area contributed by atoms with Crippen LogP contribution in [0.25, 0.3) is 12.2 Å². The second-order valence-corrected chi connectivity index (χ2v) is 6.99. The molecule has 1 saturated heterocycles. The van der Waals surface area contributed by atoms with Gasteiger partial charge in [-0.15, -0.1) is 0 Å². The van der Waals surface area contributed by atoms with E-state index in [-0.39, 0.29) is 0 Å². The van der Waals surface area contributed by atoms with E-state index in [1.54, 1.807) is 6.92 Å². The molecule has 2 heteroatoms. The topological polar surface area (TPSA) is 12.5 Å². The van der Waals surface area contributed by atoms with Gasteiger partial charge in [0, 0.05) is 5.92 Å². The molecule has 2 aromatic rings. The zero-order chi connectivity index (χ0) is 16.1. The third kappa shape index (κ3) is 2.61. The van der Waals surface area contributed by atoms with E-state index >= 15 is 0 Å². The van der Waals surface area contributed by atoms with Gasteiger partial charge in [0.25, 0.3) is 0 Å². The monoisotopic (exact) mass is 308 g/mol. The lowest BCUT2D eigenvalue weighted by Crippen LogP contribution is -2.18. The van der Waals surface area contributed by atoms with Gasteiger partial charge in [0.2, 0.25) is 5.85 Å². The van der Waals surface area contributed by atoms with E-state index in [1.165, 1.54) is 16.7 Å². The fourth-order valence-electron chi connectivity index (χ4n) is 3.56. The van der Waals surface area contributed by atoms with E-state index in [9.17, 15) is 4.39 Å². The molecule has 118 valence electrons. The van der Waals surface area contributed by atoms with Crippen LogP contribution in [-0.4, -0.2) is 11.5 Å². The molecule has 23 heavy (non-hydrogen) atoms. The molecule has 2 aliphatic rings. The average Bonchev–Trinajstić information content (AvgIpc) is 3.44. The summed E-state index contributed by atoms with van der Waals surface area (Å²) in [5.41, 5.74) is 3.09. The summed E-state index contributed by atoms with van der Waals surface area (Å²) >= 11 is 0. The number of epoxide rings is 1. The Morgan fingerprint density at radius 3 is 2.09 bits per heavy atom. The molecule has 1 heterocycles. The lowest BCUT2D eigenvalue weighted by Gasteiger charge is -2.06. The van der Waals surface area contributed by atoms with Gasteiger partial charge >= 0.3 is 0 Å². The summed E-state index contributed by atoms with van der Waals surface area (Å²) in [6, 6.07) is 18.9. The van der Waals surface area contributed by atoms with Crippen LogP contribution in [0.2, 0.25) is 0 Å². The molecule has 4 unspecified atom stereocenters. The highest BCUT2D eigenvalue weighted by Crippen LogP contribution is 2.66. The van der Waals surface area contributed by atoms with Gasteiger partial charge in [-0.3, -0.25) is 0 Å². The number of benzene rings is 2. The molecule has 0 bridgehead atoms. The van der Waals surface area contributed by atoms with E-state index in [1.807, 2.05) is 25.1 Å². The molecule has 1 aliphatic carbocycles. The SMILES string of the molecule is CC1(F)OC1(C)C1CC1c1ccc(/C=C/c2ccccc2)cc1. The quantitative estimate of drug-likeness (QED) is 0.541. The third-order valence-corrected chi connectivity index (χ3v) is 5.38. The van der Waals surface area contributed by atoms with Crippen LogP contribution in [0, 0.1) is 5.92 Å². The van der Waals surface area contributed by atoms with Crippen molar-refractivity contribution in [3.05, 3.63) is 71.3 Å². The molecule has 2 aromatic carbocycles. The van der Waals surface area contributed by atoms with Gasteiger partial charge in [-0.05, 0) is 42.9 Å². The Bertz CT molecular complexity index is 732. The molecule has 0 spiro atoms. The van der Waals surface area contributed by atoms with Gasteiger partial charge in [0.1, 0.15) is 5.60 Å². The van der Waals surface area contributed by atoms with Gasteiger partial charge < -0.3 is 4.74 Å². The minimum atomic E-state index is -1.44. The maximum atomic E-state index is 13.9. The molecule has 4 rings (SSSR count). The molecular formula is C21H21FO. The van der Waals surface area contributed by atoms with Crippen LogP contribution < -0.4 is 0 Å². The van der Waals surface area contributed by atoms with Crippen molar-refractivity contribution in [3.63, 3.8) is 0 Å². The first-order valence-corrected chi connectivity index (χ1v) is 8.22. The summed E-state index contributed by atoms with van der Waals surface area (Å²) in [6.45, 7) is 3.44. The number of alkyl halides is 1. The third-order valence-electron chi connectivity index (χ3n) is 5.38. The summed E-state index contributed by atoms with van der Waals surface area (Å²) < 4.78 is 19.2. The molecule has 1 saturated carbocycles. The highest BCUT2D eigenvalue weighted by molar-refractivity contribution is 5.69. The molecule has 4 atom stereocenters. The van der Waals surface area contributed by atoms with Crippen LogP contribution in [0.15, 0.2) is 54.6 Å². The van der Waals surface area contributed by atoms with Crippen LogP contribution in [0.3, 0.4) is 0 Å². The summed E-state index contributed by atoms with van der Waals surface area (Å²) in [7, 11) is 0. The highest BCUT2D eigenvalue weighted by atomic mass is 19.2. The zero-order valence-electron chi connectivity index (χ0n) is 13.5. The van der Waals surface area contributed by atoms with Crippen molar-refractivity contribution in [2.45, 2.75) is 37.6 Å². The Balaban J connectivity index is 1.43. The minimum absolute atomic E-state index is 0.309. The predicted molar refractivity (Wildman–Crippen MR) is 91.7 cm³/mol. The van der Waals surface area contributed by atoms with Gasteiger partial charge in [0.15, 0.2) is 0 Å². The summed E-state index contributed by atoms with van der Waals surface area (Å²) in [5.74, 6) is -0.696. The number of hydrogen-bond acceptors (Lipinski definition) is 1. The fraction of sp³-hybridized carbons (Fsp3) is 0.333. The maximum Gasteiger partial charge on any atom is 0.236 e. The first kappa shape index (κ1) is 14.6. The van der Waals surface area contributed by atoms with Crippen LogP contribution >= 0.6 is 0 Å². The summed E-state index contributed by atoms with van der Waals surface area (Å²) in [6.07, 6.45) is 5.26. The first-order valence-electron chi connectivity index (χ1n) is 8.22. The van der Waals surface area contributed by atoms with Gasteiger partial charge in [-0.1, -0.05) is 66.7 Å². The van der Waals surface area contributed by atoms with E-state index in [0.29, 0.717) is 11.8 Å². The van der Waals surface area contributed by atoms with Crippen molar-refractivity contribution in [1.29, 1.82) is 0 Å². The van der Waals surface area contributed by atoms with E-state index in [2.05, 4.69) is 48.6 Å². The van der Waals surface area contributed by atoms with Crippen molar-refractivity contribution in [2.75, 3.05) is 0 Å². The minimum Gasteiger partial charge on any atom is -0.331 e. The van der Waals surface area contributed by atoms with Crippen molar-refractivity contribution in [2.24, 2.45) is 5.92 Å². The molecule has 2 fully saturated rings. The standard InChI is InChI=1S/C21H21FO/c1-20(21(2,22)23-20)19-14-18(19)17-12-10-16(11-13-17)9-8-15-6-4-3-5-7-15/h3-13,18-19H,14H2,1-2H3/b9-8+. The van der Waals surface area contributed by atoms with Crippen LogP contribution in [0.1, 0.15) is 42.9 Å². The largest absolute Gasteiger partial charge is 0.331 e. The van der Waals surface area contributed by atoms with Crippen molar-refractivity contribution in [3.8, 4) is 0 Å². The Hall–Kier alpha value is -1.93. The first-order chi connectivity index (χ1) is 11.0. The zero-order valence-corrected chi connectivity index (χ0v) is 13.5. The predicted octanol–water partition coefficient (Wildman–Crippen LogP) is 5.44. The molecule has 0 aromatic heterocycles. The molecule has 0 N–H and O–H groups in total. The average molecular weight is 308 g/mol. The summed E-state index contributed by atoms with van der Waals surface area (Å²) in [4.78, 5) is 0. The van der Waals surface area contributed by atoms with Crippen molar-refractivity contribution in [1.82, 2.24) is 0 Å². The molecule has 0 amide bonds. The highest BCUT2D eigenvalue weighted by Gasteiger charge is 2.74. The Morgan fingerprint density at radius 2 is 1.52 bits per heavy atom. The van der Waals surface area contributed by atoms with E-state index < -0.39 is 11.5 Å². The maximum absolute atomic E-state index is 13.9. The number of rotatable bonds is 4. The van der Waals surface area contributed by atoms with E-state index in [0.717, 1.165) is 6.42 Å². The van der Waals surface area contributed by atoms with Crippen LogP contribution in [-0.2, 0) is 4.74 Å². The van der Waals surface area contributed by atoms with Gasteiger partial charge in [-0.2, -0.15) is 0 Å². The smallest absolute Gasteiger partial charge is 0.236 e. The number of hydrogen-bond donors (Lipinski definition) is 0. The normalized spacial score (nSPS) is 35.4. The van der Waals surface area contributed by atoms with Crippen molar-refractivity contribution >= 4 is 12.2 Å².